The fourth-order valence-corrected chi connectivity index (χ4v) is 4.81. The Bertz CT molecular complexity index is 516. The molecule has 0 spiro atoms. The van der Waals surface area contributed by atoms with Gasteiger partial charge in [0.05, 0.1) is 5.92 Å². The number of carbonyl (C=O) groups excluding carboxylic acids is 1. The van der Waals surface area contributed by atoms with E-state index in [1.807, 2.05) is 0 Å². The number of nitrogens with one attached hydrogen (secondary N) is 1. The molecule has 0 aromatic carbocycles. The Morgan fingerprint density at radius 1 is 1.08 bits per heavy atom. The smallest absolute Gasteiger partial charge is 0.281 e. The Balaban J connectivity index is 1.71. The van der Waals surface area contributed by atoms with Crippen LogP contribution < -0.4 is 5.32 Å². The molecular weight excluding hydrogens is 340 g/mol. The lowest BCUT2D eigenvalue weighted by atomic mass is 9.99. The number of rotatable bonds is 7. The molecule has 0 aromatic rings. The van der Waals surface area contributed by atoms with E-state index < -0.39 is 10.2 Å². The molecule has 0 bridgehead atoms. The standard InChI is InChI=1S/C17H34N4O3S/c1-19(2)25(23,24)21-14-7-9-16(15-21)17(22)18-10-8-13-20-11-5-3-4-6-12-20/h16H,3-15H2,1-2H3,(H,18,22)/t16-/m1/s1. The summed E-state index contributed by atoms with van der Waals surface area (Å²) < 4.78 is 27.1. The first-order valence-electron chi connectivity index (χ1n) is 9.59. The second kappa shape index (κ2) is 9.85. The van der Waals surface area contributed by atoms with Crippen LogP contribution in [0.5, 0.6) is 0 Å². The molecule has 2 rings (SSSR count). The molecule has 2 heterocycles. The van der Waals surface area contributed by atoms with Crippen LogP contribution >= 0.6 is 0 Å². The van der Waals surface area contributed by atoms with Crippen LogP contribution in [0.3, 0.4) is 0 Å². The molecule has 0 aromatic heterocycles. The maximum absolute atomic E-state index is 12.4. The van der Waals surface area contributed by atoms with Crippen LogP contribution in [0.1, 0.15) is 44.9 Å². The molecule has 0 unspecified atom stereocenters. The monoisotopic (exact) mass is 374 g/mol. The van der Waals surface area contributed by atoms with Crippen LogP contribution in [0.2, 0.25) is 0 Å². The Kier molecular flexibility index (Phi) is 8.12. The summed E-state index contributed by atoms with van der Waals surface area (Å²) in [6.45, 7) is 4.85. The third-order valence-corrected chi connectivity index (χ3v) is 7.10. The Labute approximate surface area is 152 Å². The van der Waals surface area contributed by atoms with Crippen LogP contribution in [-0.2, 0) is 15.0 Å². The van der Waals surface area contributed by atoms with Gasteiger partial charge in [-0.2, -0.15) is 17.0 Å². The highest BCUT2D eigenvalue weighted by molar-refractivity contribution is 7.86. The van der Waals surface area contributed by atoms with E-state index in [0.29, 0.717) is 19.6 Å². The van der Waals surface area contributed by atoms with Gasteiger partial charge in [-0.1, -0.05) is 12.8 Å². The summed E-state index contributed by atoms with van der Waals surface area (Å²) in [4.78, 5) is 14.9. The predicted octanol–water partition coefficient (Wildman–Crippen LogP) is 0.887. The molecule has 146 valence electrons. The van der Waals surface area contributed by atoms with E-state index in [0.717, 1.165) is 25.8 Å². The van der Waals surface area contributed by atoms with Crippen molar-refractivity contribution in [1.29, 1.82) is 0 Å². The minimum absolute atomic E-state index is 0.00507. The molecule has 8 heteroatoms. The van der Waals surface area contributed by atoms with E-state index in [1.54, 1.807) is 0 Å². The van der Waals surface area contributed by atoms with Crippen LogP contribution in [0.15, 0.2) is 0 Å². The summed E-state index contributed by atoms with van der Waals surface area (Å²) in [5, 5.41) is 3.01. The van der Waals surface area contributed by atoms with E-state index in [9.17, 15) is 13.2 Å². The number of nitrogens with zero attached hydrogens (tertiary/aromatic N) is 3. The van der Waals surface area contributed by atoms with Crippen molar-refractivity contribution in [1.82, 2.24) is 18.8 Å². The molecule has 1 atom stereocenters. The largest absolute Gasteiger partial charge is 0.356 e. The number of likely N-dealkylation sites (tertiary alicyclic amines) is 1. The van der Waals surface area contributed by atoms with Gasteiger partial charge in [0.15, 0.2) is 0 Å². The molecule has 0 aliphatic carbocycles. The highest BCUT2D eigenvalue weighted by atomic mass is 32.2. The summed E-state index contributed by atoms with van der Waals surface area (Å²) in [5.74, 6) is -0.240. The van der Waals surface area contributed by atoms with Crippen molar-refractivity contribution in [3.63, 3.8) is 0 Å². The van der Waals surface area contributed by atoms with E-state index in [4.69, 9.17) is 0 Å². The molecule has 2 saturated heterocycles. The summed E-state index contributed by atoms with van der Waals surface area (Å²) in [5.41, 5.74) is 0. The fraction of sp³-hybridized carbons (Fsp3) is 0.941. The Hall–Kier alpha value is -0.700. The van der Waals surface area contributed by atoms with Crippen molar-refractivity contribution >= 4 is 16.1 Å². The number of hydrogen-bond acceptors (Lipinski definition) is 4. The van der Waals surface area contributed by atoms with E-state index in [-0.39, 0.29) is 11.8 Å². The first-order valence-corrected chi connectivity index (χ1v) is 11.0. The zero-order valence-corrected chi connectivity index (χ0v) is 16.6. The van der Waals surface area contributed by atoms with Crippen molar-refractivity contribution in [3.8, 4) is 0 Å². The zero-order valence-electron chi connectivity index (χ0n) is 15.7. The maximum Gasteiger partial charge on any atom is 0.281 e. The van der Waals surface area contributed by atoms with Crippen LogP contribution in [0.4, 0.5) is 0 Å². The fourth-order valence-electron chi connectivity index (χ4n) is 3.62. The van der Waals surface area contributed by atoms with Gasteiger partial charge >= 0.3 is 0 Å². The molecule has 2 aliphatic rings. The highest BCUT2D eigenvalue weighted by Gasteiger charge is 2.33. The molecule has 0 radical (unpaired) electrons. The van der Waals surface area contributed by atoms with Crippen molar-refractivity contribution < 1.29 is 13.2 Å². The van der Waals surface area contributed by atoms with E-state index >= 15 is 0 Å². The van der Waals surface area contributed by atoms with Crippen molar-refractivity contribution in [2.75, 3.05) is 53.4 Å². The first-order chi connectivity index (χ1) is 11.9. The number of amides is 1. The average Bonchev–Trinajstić information content (AvgIpc) is 2.87. The molecule has 0 saturated carbocycles. The van der Waals surface area contributed by atoms with E-state index in [1.165, 1.54) is 61.5 Å². The maximum atomic E-state index is 12.4. The summed E-state index contributed by atoms with van der Waals surface area (Å²) in [6.07, 6.45) is 7.69. The van der Waals surface area contributed by atoms with Gasteiger partial charge in [-0.25, -0.2) is 0 Å². The summed E-state index contributed by atoms with van der Waals surface area (Å²) in [6, 6.07) is 0. The first kappa shape index (κ1) is 20.6. The van der Waals surface area contributed by atoms with Gasteiger partial charge in [0.2, 0.25) is 5.91 Å². The topological polar surface area (TPSA) is 73.0 Å². The average molecular weight is 375 g/mol. The quantitative estimate of drug-likeness (QED) is 0.672. The lowest BCUT2D eigenvalue weighted by molar-refractivity contribution is -0.126. The minimum atomic E-state index is -3.43. The zero-order chi connectivity index (χ0) is 18.3. The third-order valence-electron chi connectivity index (χ3n) is 5.19. The molecule has 25 heavy (non-hydrogen) atoms. The molecular formula is C17H34N4O3S. The minimum Gasteiger partial charge on any atom is -0.356 e. The Morgan fingerprint density at radius 2 is 1.76 bits per heavy atom. The normalized spacial score (nSPS) is 24.2. The van der Waals surface area contributed by atoms with Gasteiger partial charge < -0.3 is 10.2 Å². The van der Waals surface area contributed by atoms with Gasteiger partial charge in [0, 0.05) is 33.7 Å². The molecule has 7 nitrogen and oxygen atoms in total. The van der Waals surface area contributed by atoms with Crippen LogP contribution in [-0.4, -0.2) is 81.2 Å². The molecule has 1 N–H and O–H groups in total. The molecule has 1 amide bonds. The van der Waals surface area contributed by atoms with E-state index in [2.05, 4.69) is 10.2 Å². The summed E-state index contributed by atoms with van der Waals surface area (Å²) in [7, 11) is -0.370. The third kappa shape index (κ3) is 6.20. The SMILES string of the molecule is CN(C)S(=O)(=O)N1CCC[C@@H](C(=O)NCCCN2CCCCCC2)C1. The second-order valence-electron chi connectivity index (χ2n) is 7.39. The van der Waals surface area contributed by atoms with Gasteiger partial charge in [0.1, 0.15) is 0 Å². The summed E-state index contributed by atoms with van der Waals surface area (Å²) >= 11 is 0. The van der Waals surface area contributed by atoms with Crippen LogP contribution in [0, 0.1) is 5.92 Å². The molecule has 2 aliphatic heterocycles. The number of hydrogen-bond donors (Lipinski definition) is 1. The lowest BCUT2D eigenvalue weighted by Crippen LogP contribution is -2.49. The number of piperidine rings is 1. The van der Waals surface area contributed by atoms with Crippen molar-refractivity contribution in [3.05, 3.63) is 0 Å². The number of carbonyl (C=O) groups is 1. The van der Waals surface area contributed by atoms with Gasteiger partial charge in [-0.05, 0) is 51.7 Å². The van der Waals surface area contributed by atoms with Gasteiger partial charge in [-0.3, -0.25) is 4.79 Å². The van der Waals surface area contributed by atoms with Gasteiger partial charge in [0.25, 0.3) is 10.2 Å². The second-order valence-corrected chi connectivity index (χ2v) is 9.53. The van der Waals surface area contributed by atoms with Crippen molar-refractivity contribution in [2.24, 2.45) is 5.92 Å². The van der Waals surface area contributed by atoms with Crippen molar-refractivity contribution in [2.45, 2.75) is 44.9 Å². The highest BCUT2D eigenvalue weighted by Crippen LogP contribution is 2.20. The lowest BCUT2D eigenvalue weighted by Gasteiger charge is -2.32. The Morgan fingerprint density at radius 3 is 2.40 bits per heavy atom. The van der Waals surface area contributed by atoms with Gasteiger partial charge in [-0.15, -0.1) is 0 Å². The predicted molar refractivity (Wildman–Crippen MR) is 99.4 cm³/mol. The molecule has 2 fully saturated rings. The van der Waals surface area contributed by atoms with Crippen LogP contribution in [0.25, 0.3) is 0 Å².